The Hall–Kier alpha value is -1.99. The van der Waals surface area contributed by atoms with Gasteiger partial charge in [-0.2, -0.15) is 0 Å². The lowest BCUT2D eigenvalue weighted by Crippen LogP contribution is -2.43. The summed E-state index contributed by atoms with van der Waals surface area (Å²) in [7, 11) is 1.66. The largest absolute Gasteiger partial charge is 0.393 e. The maximum absolute atomic E-state index is 12.2. The smallest absolute Gasteiger partial charge is 0.269 e. The summed E-state index contributed by atoms with van der Waals surface area (Å²) in [6.45, 7) is 1.71. The van der Waals surface area contributed by atoms with Crippen LogP contribution in [0.3, 0.4) is 0 Å². The van der Waals surface area contributed by atoms with Gasteiger partial charge in [-0.1, -0.05) is 0 Å². The van der Waals surface area contributed by atoms with Crippen molar-refractivity contribution in [3.63, 3.8) is 0 Å². The van der Waals surface area contributed by atoms with Gasteiger partial charge in [-0.15, -0.1) is 0 Å². The van der Waals surface area contributed by atoms with Gasteiger partial charge in [0, 0.05) is 38.0 Å². The Morgan fingerprint density at radius 1 is 1.38 bits per heavy atom. The van der Waals surface area contributed by atoms with Crippen molar-refractivity contribution in [2.24, 2.45) is 0 Å². The van der Waals surface area contributed by atoms with Gasteiger partial charge in [-0.3, -0.25) is 19.8 Å². The number of likely N-dealkylation sites (tertiary alicyclic amines) is 1. The number of anilines is 1. The number of nitro benzene ring substituents is 1. The van der Waals surface area contributed by atoms with Gasteiger partial charge in [-0.25, -0.2) is 0 Å². The summed E-state index contributed by atoms with van der Waals surface area (Å²) in [5, 5.41) is 20.0. The van der Waals surface area contributed by atoms with E-state index < -0.39 is 4.92 Å². The number of amides is 1. The minimum atomic E-state index is -0.468. The third-order valence-electron chi connectivity index (χ3n) is 3.74. The average Bonchev–Trinajstić information content (AvgIpc) is 2.49. The fourth-order valence-corrected chi connectivity index (χ4v) is 2.32. The Labute approximate surface area is 122 Å². The van der Waals surface area contributed by atoms with E-state index in [1.165, 1.54) is 17.0 Å². The molecule has 1 amide bonds. The molecule has 2 rings (SSSR count). The van der Waals surface area contributed by atoms with Crippen LogP contribution in [0.2, 0.25) is 0 Å². The summed E-state index contributed by atoms with van der Waals surface area (Å²) in [4.78, 5) is 25.8. The van der Waals surface area contributed by atoms with Crippen LogP contribution in [0.4, 0.5) is 11.4 Å². The van der Waals surface area contributed by atoms with E-state index in [0.29, 0.717) is 38.2 Å². The number of nitrogens with zero attached hydrogens (tertiary/aromatic N) is 3. The van der Waals surface area contributed by atoms with Gasteiger partial charge in [0.25, 0.3) is 5.69 Å². The lowest BCUT2D eigenvalue weighted by atomic mass is 10.1. The number of piperidine rings is 1. The van der Waals surface area contributed by atoms with Crippen LogP contribution in [0.15, 0.2) is 24.3 Å². The predicted molar refractivity (Wildman–Crippen MR) is 78.2 cm³/mol. The first-order valence-corrected chi connectivity index (χ1v) is 6.89. The van der Waals surface area contributed by atoms with E-state index in [4.69, 9.17) is 0 Å². The van der Waals surface area contributed by atoms with Crippen molar-refractivity contribution in [3.05, 3.63) is 34.4 Å². The number of benzene rings is 1. The molecule has 21 heavy (non-hydrogen) atoms. The zero-order valence-corrected chi connectivity index (χ0v) is 11.9. The predicted octanol–water partition coefficient (Wildman–Crippen LogP) is 1.01. The van der Waals surface area contributed by atoms with Gasteiger partial charge < -0.3 is 10.0 Å². The summed E-state index contributed by atoms with van der Waals surface area (Å²) < 4.78 is 0. The number of rotatable bonds is 4. The standard InChI is InChI=1S/C14H19N3O4/c1-15(11-2-4-12(5-3-11)17(20)21)14(19)10-16-8-6-13(18)7-9-16/h2-5,13,18H,6-10H2,1H3. The molecule has 0 spiro atoms. The Balaban J connectivity index is 1.94. The molecule has 1 N–H and O–H groups in total. The van der Waals surface area contributed by atoms with Gasteiger partial charge >= 0.3 is 0 Å². The summed E-state index contributed by atoms with van der Waals surface area (Å²) in [5.74, 6) is -0.0692. The van der Waals surface area contributed by atoms with Crippen LogP contribution >= 0.6 is 0 Å². The number of non-ortho nitro benzene ring substituents is 1. The highest BCUT2D eigenvalue weighted by molar-refractivity contribution is 5.94. The molecule has 7 nitrogen and oxygen atoms in total. The highest BCUT2D eigenvalue weighted by atomic mass is 16.6. The number of aliphatic hydroxyl groups excluding tert-OH is 1. The summed E-state index contributed by atoms with van der Waals surface area (Å²) >= 11 is 0. The average molecular weight is 293 g/mol. The molecule has 0 aromatic heterocycles. The third kappa shape index (κ3) is 3.99. The monoisotopic (exact) mass is 293 g/mol. The maximum atomic E-state index is 12.2. The van der Waals surface area contributed by atoms with Gasteiger partial charge in [0.2, 0.25) is 5.91 Å². The fourth-order valence-electron chi connectivity index (χ4n) is 2.32. The molecule has 1 aromatic rings. The summed E-state index contributed by atoms with van der Waals surface area (Å²) in [5.41, 5.74) is 0.632. The molecular formula is C14H19N3O4. The third-order valence-corrected chi connectivity index (χ3v) is 3.74. The second-order valence-corrected chi connectivity index (χ2v) is 5.23. The molecule has 0 saturated carbocycles. The number of hydrogen-bond acceptors (Lipinski definition) is 5. The van der Waals surface area contributed by atoms with Crippen LogP contribution in [-0.2, 0) is 4.79 Å². The Morgan fingerprint density at radius 3 is 2.48 bits per heavy atom. The zero-order valence-electron chi connectivity index (χ0n) is 11.9. The number of likely N-dealkylation sites (N-methyl/N-ethyl adjacent to an activating group) is 1. The maximum Gasteiger partial charge on any atom is 0.269 e. The molecule has 0 unspecified atom stereocenters. The molecule has 1 aliphatic heterocycles. The first-order chi connectivity index (χ1) is 9.97. The van der Waals surface area contributed by atoms with E-state index in [-0.39, 0.29) is 17.7 Å². The topological polar surface area (TPSA) is 86.9 Å². The molecule has 0 atom stereocenters. The molecule has 1 fully saturated rings. The van der Waals surface area contributed by atoms with E-state index in [1.807, 2.05) is 4.90 Å². The van der Waals surface area contributed by atoms with E-state index in [9.17, 15) is 20.0 Å². The van der Waals surface area contributed by atoms with Crippen LogP contribution < -0.4 is 4.90 Å². The zero-order chi connectivity index (χ0) is 15.4. The summed E-state index contributed by atoms with van der Waals surface area (Å²) in [6, 6.07) is 5.90. The normalized spacial score (nSPS) is 16.7. The lowest BCUT2D eigenvalue weighted by Gasteiger charge is -2.30. The number of nitro groups is 1. The molecule has 0 bridgehead atoms. The molecule has 1 heterocycles. The van der Waals surface area contributed by atoms with Gasteiger partial charge in [0.05, 0.1) is 17.6 Å². The van der Waals surface area contributed by atoms with Crippen LogP contribution in [0.5, 0.6) is 0 Å². The van der Waals surface area contributed by atoms with Crippen molar-refractivity contribution in [2.75, 3.05) is 31.6 Å². The number of carbonyl (C=O) groups excluding carboxylic acids is 1. The van der Waals surface area contributed by atoms with Crippen molar-refractivity contribution >= 4 is 17.3 Å². The van der Waals surface area contributed by atoms with Crippen LogP contribution in [0, 0.1) is 10.1 Å². The van der Waals surface area contributed by atoms with Crippen molar-refractivity contribution < 1.29 is 14.8 Å². The molecule has 0 aliphatic carbocycles. The van der Waals surface area contributed by atoms with E-state index >= 15 is 0 Å². The van der Waals surface area contributed by atoms with Gasteiger partial charge in [-0.05, 0) is 25.0 Å². The SMILES string of the molecule is CN(C(=O)CN1CCC(O)CC1)c1ccc([N+](=O)[O-])cc1. The second-order valence-electron chi connectivity index (χ2n) is 5.23. The quantitative estimate of drug-likeness (QED) is 0.661. The van der Waals surface area contributed by atoms with Gasteiger partial charge in [0.15, 0.2) is 0 Å². The molecular weight excluding hydrogens is 274 g/mol. The highest BCUT2D eigenvalue weighted by Gasteiger charge is 2.21. The van der Waals surface area contributed by atoms with Crippen molar-refractivity contribution in [2.45, 2.75) is 18.9 Å². The molecule has 1 aliphatic rings. The Bertz CT molecular complexity index is 509. The van der Waals surface area contributed by atoms with Crippen molar-refractivity contribution in [3.8, 4) is 0 Å². The number of aliphatic hydroxyl groups is 1. The molecule has 1 saturated heterocycles. The molecule has 1 aromatic carbocycles. The minimum Gasteiger partial charge on any atom is -0.393 e. The minimum absolute atomic E-state index is 0.00428. The van der Waals surface area contributed by atoms with Crippen molar-refractivity contribution in [1.29, 1.82) is 0 Å². The molecule has 0 radical (unpaired) electrons. The molecule has 7 heteroatoms. The van der Waals surface area contributed by atoms with Crippen LogP contribution in [-0.4, -0.2) is 53.6 Å². The van der Waals surface area contributed by atoms with E-state index in [1.54, 1.807) is 19.2 Å². The second kappa shape index (κ2) is 6.64. The highest BCUT2D eigenvalue weighted by Crippen LogP contribution is 2.19. The van der Waals surface area contributed by atoms with Crippen molar-refractivity contribution in [1.82, 2.24) is 4.90 Å². The first-order valence-electron chi connectivity index (χ1n) is 6.89. The first kappa shape index (κ1) is 15.4. The Kier molecular flexibility index (Phi) is 4.87. The molecule has 114 valence electrons. The Morgan fingerprint density at radius 2 is 1.95 bits per heavy atom. The van der Waals surface area contributed by atoms with Crippen LogP contribution in [0.25, 0.3) is 0 Å². The number of carbonyl (C=O) groups is 1. The van der Waals surface area contributed by atoms with Crippen LogP contribution in [0.1, 0.15) is 12.8 Å². The lowest BCUT2D eigenvalue weighted by molar-refractivity contribution is -0.384. The van der Waals surface area contributed by atoms with Gasteiger partial charge in [0.1, 0.15) is 0 Å². The van der Waals surface area contributed by atoms with E-state index in [2.05, 4.69) is 0 Å². The summed E-state index contributed by atoms with van der Waals surface area (Å²) in [6.07, 6.45) is 1.12. The fraction of sp³-hybridized carbons (Fsp3) is 0.500. The van der Waals surface area contributed by atoms with E-state index in [0.717, 1.165) is 0 Å². The number of hydrogen-bond donors (Lipinski definition) is 1.